The Bertz CT molecular complexity index is 888. The van der Waals surface area contributed by atoms with Crippen LogP contribution < -0.4 is 5.32 Å². The van der Waals surface area contributed by atoms with E-state index >= 15 is 0 Å². The lowest BCUT2D eigenvalue weighted by Crippen LogP contribution is -2.35. The Balaban J connectivity index is 1.63. The van der Waals surface area contributed by atoms with Gasteiger partial charge in [0.1, 0.15) is 0 Å². The maximum Gasteiger partial charge on any atom is 0.243 e. The van der Waals surface area contributed by atoms with Crippen molar-refractivity contribution in [2.24, 2.45) is 7.05 Å². The van der Waals surface area contributed by atoms with E-state index in [1.54, 1.807) is 30.5 Å². The molecule has 1 saturated heterocycles. The second-order valence-electron chi connectivity index (χ2n) is 6.56. The minimum absolute atomic E-state index is 0.158. The van der Waals surface area contributed by atoms with Crippen molar-refractivity contribution in [3.8, 4) is 0 Å². The highest BCUT2D eigenvalue weighted by atomic mass is 32.2. The molecular formula is C18H24N4O3S2. The maximum absolute atomic E-state index is 12.7. The average Bonchev–Trinajstić information content (AvgIpc) is 3.07. The fraction of sp³-hybridized carbons (Fsp3) is 0.444. The molecule has 1 aromatic heterocycles. The molecule has 27 heavy (non-hydrogen) atoms. The van der Waals surface area contributed by atoms with Crippen molar-refractivity contribution in [3.05, 3.63) is 36.7 Å². The molecule has 0 saturated carbocycles. The quantitative estimate of drug-likeness (QED) is 0.743. The van der Waals surface area contributed by atoms with Gasteiger partial charge in [-0.2, -0.15) is 4.31 Å². The van der Waals surface area contributed by atoms with Gasteiger partial charge >= 0.3 is 0 Å². The maximum atomic E-state index is 12.7. The van der Waals surface area contributed by atoms with Gasteiger partial charge < -0.3 is 9.88 Å². The van der Waals surface area contributed by atoms with E-state index in [0.717, 1.165) is 24.4 Å². The van der Waals surface area contributed by atoms with E-state index in [2.05, 4.69) is 10.3 Å². The van der Waals surface area contributed by atoms with Crippen molar-refractivity contribution in [2.45, 2.75) is 41.5 Å². The highest BCUT2D eigenvalue weighted by molar-refractivity contribution is 8.00. The summed E-state index contributed by atoms with van der Waals surface area (Å²) < 4.78 is 28.7. The summed E-state index contributed by atoms with van der Waals surface area (Å²) in [4.78, 5) is 16.8. The van der Waals surface area contributed by atoms with Crippen LogP contribution in [0.5, 0.6) is 0 Å². The number of amides is 1. The van der Waals surface area contributed by atoms with Crippen LogP contribution in [0.25, 0.3) is 0 Å². The number of nitrogens with zero attached hydrogens (tertiary/aromatic N) is 3. The summed E-state index contributed by atoms with van der Waals surface area (Å²) in [6, 6.07) is 6.37. The number of benzene rings is 1. The van der Waals surface area contributed by atoms with Crippen molar-refractivity contribution in [2.75, 3.05) is 18.4 Å². The third-order valence-electron chi connectivity index (χ3n) is 4.50. The van der Waals surface area contributed by atoms with Crippen LogP contribution in [0.1, 0.15) is 26.2 Å². The fourth-order valence-corrected chi connectivity index (χ4v) is 5.23. The molecule has 2 aromatic rings. The summed E-state index contributed by atoms with van der Waals surface area (Å²) in [5.41, 5.74) is 0.574. The van der Waals surface area contributed by atoms with Gasteiger partial charge in [0.25, 0.3) is 0 Å². The summed E-state index contributed by atoms with van der Waals surface area (Å²) in [5, 5.41) is 3.26. The molecule has 1 aromatic carbocycles. The summed E-state index contributed by atoms with van der Waals surface area (Å²) >= 11 is 1.37. The van der Waals surface area contributed by atoms with Gasteiger partial charge in [-0.15, -0.1) is 0 Å². The number of anilines is 1. The number of aromatic nitrogens is 2. The Hall–Kier alpha value is -1.84. The summed E-state index contributed by atoms with van der Waals surface area (Å²) in [6.07, 6.45) is 6.40. The smallest absolute Gasteiger partial charge is 0.243 e. The van der Waals surface area contributed by atoms with Gasteiger partial charge in [0, 0.05) is 38.2 Å². The van der Waals surface area contributed by atoms with Crippen LogP contribution in [0, 0.1) is 0 Å². The van der Waals surface area contributed by atoms with Gasteiger partial charge in [0.05, 0.1) is 10.1 Å². The van der Waals surface area contributed by atoms with E-state index in [0.29, 0.717) is 18.8 Å². The van der Waals surface area contributed by atoms with Gasteiger partial charge in [-0.05, 0) is 44.0 Å². The predicted octanol–water partition coefficient (Wildman–Crippen LogP) is 2.71. The Morgan fingerprint density at radius 2 is 1.85 bits per heavy atom. The normalized spacial score (nSPS) is 16.8. The standard InChI is InChI=1S/C18H24N4O3S2/c1-14(26-18-19-10-13-21(18)2)17(23)20-15-6-8-16(9-7-15)27(24,25)22-11-4-3-5-12-22/h6-10,13-14H,3-5,11-12H2,1-2H3,(H,20,23). The number of hydrogen-bond donors (Lipinski definition) is 1. The number of sulfonamides is 1. The minimum atomic E-state index is -3.46. The molecular weight excluding hydrogens is 384 g/mol. The zero-order chi connectivity index (χ0) is 19.4. The Morgan fingerprint density at radius 1 is 1.19 bits per heavy atom. The van der Waals surface area contributed by atoms with Crippen LogP contribution in [-0.4, -0.2) is 46.5 Å². The molecule has 1 fully saturated rings. The van der Waals surface area contributed by atoms with E-state index < -0.39 is 10.0 Å². The molecule has 2 heterocycles. The Kier molecular flexibility index (Phi) is 6.23. The first-order valence-corrected chi connectivity index (χ1v) is 11.2. The molecule has 0 bridgehead atoms. The number of carbonyl (C=O) groups is 1. The molecule has 1 unspecified atom stereocenters. The lowest BCUT2D eigenvalue weighted by Gasteiger charge is -2.25. The number of thioether (sulfide) groups is 1. The molecule has 0 radical (unpaired) electrons. The first-order chi connectivity index (χ1) is 12.9. The van der Waals surface area contributed by atoms with E-state index in [9.17, 15) is 13.2 Å². The van der Waals surface area contributed by atoms with Crippen LogP contribution >= 0.6 is 11.8 Å². The molecule has 146 valence electrons. The zero-order valence-electron chi connectivity index (χ0n) is 15.5. The van der Waals surface area contributed by atoms with Crippen LogP contribution in [0.2, 0.25) is 0 Å². The summed E-state index contributed by atoms with van der Waals surface area (Å²) in [5.74, 6) is -0.158. The summed E-state index contributed by atoms with van der Waals surface area (Å²) in [7, 11) is -1.58. The van der Waals surface area contributed by atoms with Crippen molar-refractivity contribution >= 4 is 33.4 Å². The fourth-order valence-electron chi connectivity index (χ4n) is 2.89. The van der Waals surface area contributed by atoms with Crippen molar-refractivity contribution < 1.29 is 13.2 Å². The molecule has 9 heteroatoms. The Labute approximate surface area is 164 Å². The van der Waals surface area contributed by atoms with Crippen molar-refractivity contribution in [1.82, 2.24) is 13.9 Å². The number of carbonyl (C=O) groups excluding carboxylic acids is 1. The molecule has 0 aliphatic carbocycles. The van der Waals surface area contributed by atoms with Crippen LogP contribution in [0.15, 0.2) is 46.7 Å². The molecule has 0 spiro atoms. The predicted molar refractivity (Wildman–Crippen MR) is 106 cm³/mol. The molecule has 3 rings (SSSR count). The van der Waals surface area contributed by atoms with E-state index in [1.807, 2.05) is 24.7 Å². The van der Waals surface area contributed by atoms with E-state index in [1.165, 1.54) is 16.1 Å². The first kappa shape index (κ1) is 19.9. The van der Waals surface area contributed by atoms with Gasteiger partial charge in [0.2, 0.25) is 15.9 Å². The topological polar surface area (TPSA) is 84.3 Å². The molecule has 1 N–H and O–H groups in total. The minimum Gasteiger partial charge on any atom is -0.329 e. The monoisotopic (exact) mass is 408 g/mol. The number of piperidine rings is 1. The van der Waals surface area contributed by atoms with E-state index in [-0.39, 0.29) is 16.1 Å². The number of imidazole rings is 1. The number of aryl methyl sites for hydroxylation is 1. The number of nitrogens with one attached hydrogen (secondary N) is 1. The zero-order valence-corrected chi connectivity index (χ0v) is 17.1. The van der Waals surface area contributed by atoms with Gasteiger partial charge in [-0.1, -0.05) is 18.2 Å². The first-order valence-electron chi connectivity index (χ1n) is 8.93. The molecule has 1 amide bonds. The van der Waals surface area contributed by atoms with Crippen molar-refractivity contribution in [3.63, 3.8) is 0 Å². The van der Waals surface area contributed by atoms with E-state index in [4.69, 9.17) is 0 Å². The van der Waals surface area contributed by atoms with Gasteiger partial charge in [0.15, 0.2) is 5.16 Å². The van der Waals surface area contributed by atoms with Crippen LogP contribution in [-0.2, 0) is 21.9 Å². The second kappa shape index (κ2) is 8.45. The van der Waals surface area contributed by atoms with Gasteiger partial charge in [-0.3, -0.25) is 4.79 Å². The van der Waals surface area contributed by atoms with Crippen molar-refractivity contribution in [1.29, 1.82) is 0 Å². The summed E-state index contributed by atoms with van der Waals surface area (Å²) in [6.45, 7) is 2.95. The largest absolute Gasteiger partial charge is 0.329 e. The SMILES string of the molecule is CC(Sc1nccn1C)C(=O)Nc1ccc(S(=O)(=O)N2CCCCC2)cc1. The lowest BCUT2D eigenvalue weighted by molar-refractivity contribution is -0.115. The highest BCUT2D eigenvalue weighted by Gasteiger charge is 2.25. The number of hydrogen-bond acceptors (Lipinski definition) is 5. The Morgan fingerprint density at radius 3 is 2.44 bits per heavy atom. The molecule has 7 nitrogen and oxygen atoms in total. The van der Waals surface area contributed by atoms with Crippen LogP contribution in [0.3, 0.4) is 0 Å². The third-order valence-corrected chi connectivity index (χ3v) is 7.59. The van der Waals surface area contributed by atoms with Gasteiger partial charge in [-0.25, -0.2) is 13.4 Å². The lowest BCUT2D eigenvalue weighted by atomic mass is 10.2. The molecule has 1 aliphatic heterocycles. The molecule has 1 atom stereocenters. The highest BCUT2D eigenvalue weighted by Crippen LogP contribution is 2.24. The third kappa shape index (κ3) is 4.72. The average molecular weight is 409 g/mol. The number of rotatable bonds is 6. The van der Waals surface area contributed by atoms with Crippen LogP contribution in [0.4, 0.5) is 5.69 Å². The molecule has 1 aliphatic rings. The second-order valence-corrected chi connectivity index (χ2v) is 9.81.